The Bertz CT molecular complexity index is 586. The van der Waals surface area contributed by atoms with Crippen molar-refractivity contribution in [3.8, 4) is 11.6 Å². The van der Waals surface area contributed by atoms with E-state index in [0.717, 1.165) is 4.47 Å². The minimum absolute atomic E-state index is 0.0648. The van der Waals surface area contributed by atoms with Crippen molar-refractivity contribution in [2.45, 2.75) is 0 Å². The number of benzene rings is 1. The molecule has 0 saturated heterocycles. The van der Waals surface area contributed by atoms with Gasteiger partial charge in [-0.15, -0.1) is 0 Å². The molecule has 2 rings (SSSR count). The number of carboxylic acid groups (broad SMARTS) is 1. The van der Waals surface area contributed by atoms with Gasteiger partial charge in [-0.25, -0.2) is 9.78 Å². The first-order valence-corrected chi connectivity index (χ1v) is 6.05. The first kappa shape index (κ1) is 12.9. The molecule has 1 heterocycles. The van der Waals surface area contributed by atoms with Gasteiger partial charge in [-0.3, -0.25) is 0 Å². The molecule has 0 aliphatic carbocycles. The SMILES string of the molecule is O=C(O)c1ccc(Br)cc1Oc1ccc(Cl)cn1. The summed E-state index contributed by atoms with van der Waals surface area (Å²) < 4.78 is 6.14. The molecule has 0 spiro atoms. The average Bonchev–Trinajstić information content (AvgIpc) is 2.32. The highest BCUT2D eigenvalue weighted by atomic mass is 79.9. The van der Waals surface area contributed by atoms with Crippen LogP contribution in [-0.2, 0) is 0 Å². The van der Waals surface area contributed by atoms with E-state index >= 15 is 0 Å². The minimum atomic E-state index is -1.06. The maximum Gasteiger partial charge on any atom is 0.339 e. The molecule has 0 atom stereocenters. The second-order valence-corrected chi connectivity index (χ2v) is 4.71. The zero-order valence-corrected chi connectivity index (χ0v) is 11.3. The quantitative estimate of drug-likeness (QED) is 0.925. The normalized spacial score (nSPS) is 10.1. The molecule has 18 heavy (non-hydrogen) atoms. The minimum Gasteiger partial charge on any atom is -0.478 e. The van der Waals surface area contributed by atoms with Gasteiger partial charge in [0.15, 0.2) is 0 Å². The molecule has 0 saturated carbocycles. The molecular formula is C12H7BrClNO3. The summed E-state index contributed by atoms with van der Waals surface area (Å²) >= 11 is 8.96. The summed E-state index contributed by atoms with van der Waals surface area (Å²) in [6, 6.07) is 7.83. The van der Waals surface area contributed by atoms with Crippen LogP contribution in [0.3, 0.4) is 0 Å². The van der Waals surface area contributed by atoms with Crippen LogP contribution in [0, 0.1) is 0 Å². The van der Waals surface area contributed by atoms with Crippen LogP contribution in [0.5, 0.6) is 11.6 Å². The number of ether oxygens (including phenoxy) is 1. The van der Waals surface area contributed by atoms with E-state index in [-0.39, 0.29) is 17.2 Å². The second-order valence-electron chi connectivity index (χ2n) is 3.36. The molecule has 0 fully saturated rings. The van der Waals surface area contributed by atoms with E-state index < -0.39 is 5.97 Å². The first-order chi connectivity index (χ1) is 8.56. The number of nitrogens with zero attached hydrogens (tertiary/aromatic N) is 1. The predicted molar refractivity (Wildman–Crippen MR) is 70.4 cm³/mol. The average molecular weight is 329 g/mol. The van der Waals surface area contributed by atoms with Crippen LogP contribution in [0.4, 0.5) is 0 Å². The van der Waals surface area contributed by atoms with Gasteiger partial charge in [-0.05, 0) is 24.3 Å². The maximum absolute atomic E-state index is 11.0. The molecule has 0 aliphatic rings. The summed E-state index contributed by atoms with van der Waals surface area (Å²) in [5, 5.41) is 9.52. The third-order valence-corrected chi connectivity index (χ3v) is 2.81. The summed E-state index contributed by atoms with van der Waals surface area (Å²) in [7, 11) is 0. The van der Waals surface area contributed by atoms with Crippen LogP contribution in [0.2, 0.25) is 5.02 Å². The van der Waals surface area contributed by atoms with Crippen LogP contribution in [0.15, 0.2) is 41.0 Å². The van der Waals surface area contributed by atoms with Gasteiger partial charge in [0.2, 0.25) is 5.88 Å². The lowest BCUT2D eigenvalue weighted by molar-refractivity contribution is 0.0694. The number of aromatic nitrogens is 1. The summed E-state index contributed by atoms with van der Waals surface area (Å²) in [6.45, 7) is 0. The largest absolute Gasteiger partial charge is 0.478 e. The Morgan fingerprint density at radius 3 is 2.72 bits per heavy atom. The van der Waals surface area contributed by atoms with Crippen molar-refractivity contribution < 1.29 is 14.6 Å². The molecule has 1 N–H and O–H groups in total. The van der Waals surface area contributed by atoms with Crippen molar-refractivity contribution in [1.82, 2.24) is 4.98 Å². The third kappa shape index (κ3) is 3.00. The lowest BCUT2D eigenvalue weighted by Crippen LogP contribution is -2.00. The van der Waals surface area contributed by atoms with Crippen molar-refractivity contribution in [3.63, 3.8) is 0 Å². The molecule has 2 aromatic rings. The third-order valence-electron chi connectivity index (χ3n) is 2.09. The number of carboxylic acids is 1. The van der Waals surface area contributed by atoms with Crippen molar-refractivity contribution in [2.24, 2.45) is 0 Å². The highest BCUT2D eigenvalue weighted by molar-refractivity contribution is 9.10. The fraction of sp³-hybridized carbons (Fsp3) is 0. The number of halogens is 2. The van der Waals surface area contributed by atoms with E-state index in [4.69, 9.17) is 21.4 Å². The molecule has 0 radical (unpaired) electrons. The Morgan fingerprint density at radius 2 is 2.11 bits per heavy atom. The molecule has 4 nitrogen and oxygen atoms in total. The van der Waals surface area contributed by atoms with E-state index in [1.54, 1.807) is 24.3 Å². The fourth-order valence-electron chi connectivity index (χ4n) is 1.29. The molecule has 0 bridgehead atoms. The van der Waals surface area contributed by atoms with Crippen molar-refractivity contribution in [2.75, 3.05) is 0 Å². The summed E-state index contributed by atoms with van der Waals surface area (Å²) in [4.78, 5) is 15.0. The van der Waals surface area contributed by atoms with Gasteiger partial charge in [0.1, 0.15) is 11.3 Å². The van der Waals surface area contributed by atoms with Crippen molar-refractivity contribution in [3.05, 3.63) is 51.6 Å². The fourth-order valence-corrected chi connectivity index (χ4v) is 1.74. The zero-order chi connectivity index (χ0) is 13.1. The Labute approximate surface area is 116 Å². The lowest BCUT2D eigenvalue weighted by Gasteiger charge is -2.08. The van der Waals surface area contributed by atoms with E-state index in [9.17, 15) is 4.79 Å². The smallest absolute Gasteiger partial charge is 0.339 e. The van der Waals surface area contributed by atoms with Gasteiger partial charge in [0.25, 0.3) is 0 Å². The molecule has 1 aromatic carbocycles. The number of hydrogen-bond acceptors (Lipinski definition) is 3. The Kier molecular flexibility index (Phi) is 3.84. The molecule has 6 heteroatoms. The maximum atomic E-state index is 11.0. The molecule has 1 aromatic heterocycles. The summed E-state index contributed by atoms with van der Waals surface area (Å²) in [5.74, 6) is -0.571. The first-order valence-electron chi connectivity index (χ1n) is 4.88. The number of carbonyl (C=O) groups is 1. The van der Waals surface area contributed by atoms with Gasteiger partial charge < -0.3 is 9.84 Å². The van der Waals surface area contributed by atoms with E-state index in [1.165, 1.54) is 12.3 Å². The lowest BCUT2D eigenvalue weighted by atomic mass is 10.2. The molecule has 92 valence electrons. The van der Waals surface area contributed by atoms with E-state index in [1.807, 2.05) is 0 Å². The molecular weight excluding hydrogens is 321 g/mol. The van der Waals surface area contributed by atoms with E-state index in [2.05, 4.69) is 20.9 Å². The van der Waals surface area contributed by atoms with Crippen molar-refractivity contribution in [1.29, 1.82) is 0 Å². The van der Waals surface area contributed by atoms with Crippen LogP contribution >= 0.6 is 27.5 Å². The topological polar surface area (TPSA) is 59.4 Å². The standard InChI is InChI=1S/C12H7BrClNO3/c13-7-1-3-9(12(16)17)10(5-7)18-11-4-2-8(14)6-15-11/h1-6H,(H,16,17). The highest BCUT2D eigenvalue weighted by Gasteiger charge is 2.12. The summed E-state index contributed by atoms with van der Waals surface area (Å²) in [6.07, 6.45) is 1.43. The summed E-state index contributed by atoms with van der Waals surface area (Å²) in [5.41, 5.74) is 0.0648. The van der Waals surface area contributed by atoms with Crippen molar-refractivity contribution >= 4 is 33.5 Å². The predicted octanol–water partition coefficient (Wildman–Crippen LogP) is 3.99. The van der Waals surface area contributed by atoms with Gasteiger partial charge in [-0.1, -0.05) is 27.5 Å². The van der Waals surface area contributed by atoms with Gasteiger partial charge in [0, 0.05) is 16.7 Å². The number of rotatable bonds is 3. The van der Waals surface area contributed by atoms with Gasteiger partial charge >= 0.3 is 5.97 Å². The van der Waals surface area contributed by atoms with Crippen LogP contribution in [0.1, 0.15) is 10.4 Å². The number of aromatic carboxylic acids is 1. The number of pyridine rings is 1. The monoisotopic (exact) mass is 327 g/mol. The van der Waals surface area contributed by atoms with Crippen LogP contribution < -0.4 is 4.74 Å². The van der Waals surface area contributed by atoms with Gasteiger partial charge in [0.05, 0.1) is 5.02 Å². The molecule has 0 aliphatic heterocycles. The van der Waals surface area contributed by atoms with Crippen LogP contribution in [0.25, 0.3) is 0 Å². The van der Waals surface area contributed by atoms with E-state index in [0.29, 0.717) is 5.02 Å². The zero-order valence-electron chi connectivity index (χ0n) is 8.93. The van der Waals surface area contributed by atoms with Crippen LogP contribution in [-0.4, -0.2) is 16.1 Å². The Morgan fingerprint density at radius 1 is 1.33 bits per heavy atom. The Hall–Kier alpha value is -1.59. The second kappa shape index (κ2) is 5.37. The van der Waals surface area contributed by atoms with Gasteiger partial charge in [-0.2, -0.15) is 0 Å². The number of hydrogen-bond donors (Lipinski definition) is 1. The molecule has 0 unspecified atom stereocenters. The Balaban J connectivity index is 2.35. The highest BCUT2D eigenvalue weighted by Crippen LogP contribution is 2.28. The molecule has 0 amide bonds.